The zero-order valence-electron chi connectivity index (χ0n) is 10.8. The lowest BCUT2D eigenvalue weighted by molar-refractivity contribution is 0.0924. The van der Waals surface area contributed by atoms with E-state index in [0.29, 0.717) is 19.1 Å². The fraction of sp³-hybridized carbons (Fsp3) is 0.571. The summed E-state index contributed by atoms with van der Waals surface area (Å²) in [5.74, 6) is 1.63. The van der Waals surface area contributed by atoms with E-state index in [0.717, 1.165) is 28.8 Å². The van der Waals surface area contributed by atoms with Crippen LogP contribution < -0.4 is 4.74 Å². The molecule has 1 rings (SSSR count). The van der Waals surface area contributed by atoms with Crippen LogP contribution in [-0.2, 0) is 4.74 Å². The van der Waals surface area contributed by atoms with Gasteiger partial charge in [0.25, 0.3) is 0 Å². The molecule has 0 aliphatic carbocycles. The summed E-state index contributed by atoms with van der Waals surface area (Å²) in [4.78, 5) is 0. The largest absolute Gasteiger partial charge is 0.491 e. The number of hydrogen-bond acceptors (Lipinski definition) is 2. The molecule has 0 saturated heterocycles. The van der Waals surface area contributed by atoms with Crippen molar-refractivity contribution in [3.63, 3.8) is 0 Å². The van der Waals surface area contributed by atoms with Crippen molar-refractivity contribution in [1.29, 1.82) is 0 Å². The Labute approximate surface area is 112 Å². The van der Waals surface area contributed by atoms with Gasteiger partial charge in [-0.05, 0) is 43.0 Å². The van der Waals surface area contributed by atoms with Crippen molar-refractivity contribution >= 4 is 15.9 Å². The maximum atomic E-state index is 5.65. The molecule has 0 unspecified atom stereocenters. The Bertz CT molecular complexity index is 337. The lowest BCUT2D eigenvalue weighted by Crippen LogP contribution is -2.09. The van der Waals surface area contributed by atoms with Crippen molar-refractivity contribution < 1.29 is 9.47 Å². The standard InChI is InChI=1S/C14H21BrO2/c1-11(2)6-7-16-8-9-17-14-5-4-13(15)10-12(14)3/h4-5,10-11H,6-9H2,1-3H3. The number of rotatable bonds is 7. The second kappa shape index (κ2) is 7.72. The molecule has 0 bridgehead atoms. The molecule has 0 aliphatic heterocycles. The van der Waals surface area contributed by atoms with Crippen molar-refractivity contribution in [3.05, 3.63) is 28.2 Å². The maximum Gasteiger partial charge on any atom is 0.122 e. The molecule has 0 aromatic heterocycles. The first-order valence-corrected chi connectivity index (χ1v) is 6.85. The minimum atomic E-state index is 0.612. The lowest BCUT2D eigenvalue weighted by Gasteiger charge is -2.10. The van der Waals surface area contributed by atoms with Crippen LogP contribution in [0.25, 0.3) is 0 Å². The number of halogens is 1. The zero-order chi connectivity index (χ0) is 12.7. The van der Waals surface area contributed by atoms with Gasteiger partial charge in [0.1, 0.15) is 12.4 Å². The van der Waals surface area contributed by atoms with Gasteiger partial charge in [-0.25, -0.2) is 0 Å². The smallest absolute Gasteiger partial charge is 0.122 e. The number of aryl methyl sites for hydroxylation is 1. The van der Waals surface area contributed by atoms with Crippen molar-refractivity contribution in [3.8, 4) is 5.75 Å². The van der Waals surface area contributed by atoms with Gasteiger partial charge in [0.05, 0.1) is 6.61 Å². The quantitative estimate of drug-likeness (QED) is 0.703. The molecule has 96 valence electrons. The predicted molar refractivity (Wildman–Crippen MR) is 74.6 cm³/mol. The van der Waals surface area contributed by atoms with Gasteiger partial charge in [-0.15, -0.1) is 0 Å². The van der Waals surface area contributed by atoms with Crippen molar-refractivity contribution in [2.45, 2.75) is 27.2 Å². The Morgan fingerprint density at radius 3 is 2.59 bits per heavy atom. The Hall–Kier alpha value is -0.540. The van der Waals surface area contributed by atoms with E-state index in [1.54, 1.807) is 0 Å². The van der Waals surface area contributed by atoms with Gasteiger partial charge in [0.2, 0.25) is 0 Å². The Balaban J connectivity index is 2.18. The first-order valence-electron chi connectivity index (χ1n) is 6.06. The van der Waals surface area contributed by atoms with E-state index in [4.69, 9.17) is 9.47 Å². The van der Waals surface area contributed by atoms with E-state index in [-0.39, 0.29) is 0 Å². The lowest BCUT2D eigenvalue weighted by atomic mass is 10.1. The van der Waals surface area contributed by atoms with Gasteiger partial charge < -0.3 is 9.47 Å². The number of hydrogen-bond donors (Lipinski definition) is 0. The van der Waals surface area contributed by atoms with Crippen LogP contribution in [0.4, 0.5) is 0 Å². The van der Waals surface area contributed by atoms with Crippen molar-refractivity contribution in [1.82, 2.24) is 0 Å². The molecule has 0 saturated carbocycles. The average Bonchev–Trinajstić information content (AvgIpc) is 2.25. The highest BCUT2D eigenvalue weighted by molar-refractivity contribution is 9.10. The highest BCUT2D eigenvalue weighted by atomic mass is 79.9. The minimum Gasteiger partial charge on any atom is -0.491 e. The summed E-state index contributed by atoms with van der Waals surface area (Å²) in [6.07, 6.45) is 1.11. The predicted octanol–water partition coefficient (Wildman–Crippen LogP) is 4.20. The van der Waals surface area contributed by atoms with E-state index in [2.05, 4.69) is 35.8 Å². The molecule has 2 nitrogen and oxygen atoms in total. The summed E-state index contributed by atoms with van der Waals surface area (Å²) in [6.45, 7) is 8.53. The first-order chi connectivity index (χ1) is 8.09. The van der Waals surface area contributed by atoms with Gasteiger partial charge in [-0.2, -0.15) is 0 Å². The van der Waals surface area contributed by atoms with Crippen LogP contribution in [0.15, 0.2) is 22.7 Å². The van der Waals surface area contributed by atoms with Gasteiger partial charge in [-0.3, -0.25) is 0 Å². The molecule has 17 heavy (non-hydrogen) atoms. The van der Waals surface area contributed by atoms with E-state index in [1.165, 1.54) is 0 Å². The maximum absolute atomic E-state index is 5.65. The van der Waals surface area contributed by atoms with Crippen molar-refractivity contribution in [2.75, 3.05) is 19.8 Å². The summed E-state index contributed by atoms with van der Waals surface area (Å²) in [5.41, 5.74) is 1.14. The summed E-state index contributed by atoms with van der Waals surface area (Å²) in [7, 11) is 0. The third kappa shape index (κ3) is 6.08. The normalized spacial score (nSPS) is 10.9. The molecule has 1 aromatic rings. The van der Waals surface area contributed by atoms with Gasteiger partial charge in [-0.1, -0.05) is 29.8 Å². The molecular formula is C14H21BrO2. The monoisotopic (exact) mass is 300 g/mol. The van der Waals surface area contributed by atoms with Gasteiger partial charge in [0.15, 0.2) is 0 Å². The molecule has 0 spiro atoms. The van der Waals surface area contributed by atoms with E-state index >= 15 is 0 Å². The highest BCUT2D eigenvalue weighted by Crippen LogP contribution is 2.21. The van der Waals surface area contributed by atoms with Crippen LogP contribution in [0.3, 0.4) is 0 Å². The van der Waals surface area contributed by atoms with Crippen molar-refractivity contribution in [2.24, 2.45) is 5.92 Å². The SMILES string of the molecule is Cc1cc(Br)ccc1OCCOCCC(C)C. The molecule has 0 N–H and O–H groups in total. The second-order valence-corrected chi connectivity index (χ2v) is 5.47. The number of ether oxygens (including phenoxy) is 2. The number of benzene rings is 1. The molecular weight excluding hydrogens is 280 g/mol. The fourth-order valence-electron chi connectivity index (χ4n) is 1.41. The minimum absolute atomic E-state index is 0.612. The van der Waals surface area contributed by atoms with E-state index in [1.807, 2.05) is 19.1 Å². The Morgan fingerprint density at radius 1 is 1.18 bits per heavy atom. The van der Waals surface area contributed by atoms with E-state index < -0.39 is 0 Å². The first kappa shape index (κ1) is 14.5. The molecule has 0 fully saturated rings. The van der Waals surface area contributed by atoms with Crippen LogP contribution in [0, 0.1) is 12.8 Å². The highest BCUT2D eigenvalue weighted by Gasteiger charge is 2.00. The molecule has 0 heterocycles. The third-order valence-electron chi connectivity index (χ3n) is 2.46. The Morgan fingerprint density at radius 2 is 1.94 bits per heavy atom. The topological polar surface area (TPSA) is 18.5 Å². The van der Waals surface area contributed by atoms with Crippen LogP contribution in [0.5, 0.6) is 5.75 Å². The Kier molecular flexibility index (Phi) is 6.60. The van der Waals surface area contributed by atoms with Gasteiger partial charge >= 0.3 is 0 Å². The fourth-order valence-corrected chi connectivity index (χ4v) is 1.88. The molecule has 0 radical (unpaired) electrons. The van der Waals surface area contributed by atoms with E-state index in [9.17, 15) is 0 Å². The summed E-state index contributed by atoms with van der Waals surface area (Å²) in [5, 5.41) is 0. The van der Waals surface area contributed by atoms with Crippen LogP contribution in [0.1, 0.15) is 25.8 Å². The molecule has 3 heteroatoms. The third-order valence-corrected chi connectivity index (χ3v) is 2.96. The molecule has 1 aromatic carbocycles. The van der Waals surface area contributed by atoms with Gasteiger partial charge in [0, 0.05) is 11.1 Å². The average molecular weight is 301 g/mol. The van der Waals surface area contributed by atoms with Crippen LogP contribution in [0.2, 0.25) is 0 Å². The zero-order valence-corrected chi connectivity index (χ0v) is 12.4. The molecule has 0 amide bonds. The summed E-state index contributed by atoms with van der Waals surface area (Å²) >= 11 is 3.43. The van der Waals surface area contributed by atoms with Crippen LogP contribution in [-0.4, -0.2) is 19.8 Å². The molecule has 0 aliphatic rings. The summed E-state index contributed by atoms with van der Waals surface area (Å²) < 4.78 is 12.2. The second-order valence-electron chi connectivity index (χ2n) is 4.55. The molecule has 0 atom stereocenters. The van der Waals surface area contributed by atoms with Crippen LogP contribution >= 0.6 is 15.9 Å². The summed E-state index contributed by atoms with van der Waals surface area (Å²) in [6, 6.07) is 6.02.